The van der Waals surface area contributed by atoms with Gasteiger partial charge in [0.1, 0.15) is 18.3 Å². The molecule has 0 aromatic heterocycles. The van der Waals surface area contributed by atoms with Crippen LogP contribution in [0.3, 0.4) is 0 Å². The van der Waals surface area contributed by atoms with Gasteiger partial charge in [-0.2, -0.15) is 0 Å². The molecule has 1 aliphatic heterocycles. The van der Waals surface area contributed by atoms with Crippen LogP contribution in [0.5, 0.6) is 5.75 Å². The van der Waals surface area contributed by atoms with Crippen LogP contribution < -0.4 is 15.0 Å². The maximum atomic E-state index is 13.6. The van der Waals surface area contributed by atoms with Gasteiger partial charge in [0, 0.05) is 24.0 Å². The highest BCUT2D eigenvalue weighted by atomic mass is 16.5. The molecule has 4 rings (SSSR count). The SMILES string of the molecule is CCCNC(=O)[C@@H](C)N(Cc1cccc(OC)c1)C(=O)CN1C(=O)c2cccc3cccc1c23. The number of rotatable bonds is 9. The van der Waals surface area contributed by atoms with Crippen LogP contribution >= 0.6 is 0 Å². The molecule has 3 aromatic rings. The summed E-state index contributed by atoms with van der Waals surface area (Å²) in [6.07, 6.45) is 0.798. The van der Waals surface area contributed by atoms with E-state index in [2.05, 4.69) is 5.32 Å². The minimum Gasteiger partial charge on any atom is -0.497 e. The highest BCUT2D eigenvalue weighted by Crippen LogP contribution is 2.37. The Balaban J connectivity index is 1.62. The summed E-state index contributed by atoms with van der Waals surface area (Å²) >= 11 is 0. The number of amides is 3. The number of benzene rings is 3. The first-order valence-corrected chi connectivity index (χ1v) is 11.5. The molecule has 3 amide bonds. The average Bonchev–Trinajstić information content (AvgIpc) is 3.13. The molecule has 0 saturated heterocycles. The first-order chi connectivity index (χ1) is 16.4. The van der Waals surface area contributed by atoms with Crippen molar-refractivity contribution >= 4 is 34.2 Å². The lowest BCUT2D eigenvalue weighted by molar-refractivity contribution is -0.139. The summed E-state index contributed by atoms with van der Waals surface area (Å²) in [6, 6.07) is 18.0. The smallest absolute Gasteiger partial charge is 0.259 e. The largest absolute Gasteiger partial charge is 0.497 e. The van der Waals surface area contributed by atoms with Gasteiger partial charge in [-0.15, -0.1) is 0 Å². The van der Waals surface area contributed by atoms with Crippen molar-refractivity contribution in [3.05, 3.63) is 71.8 Å². The maximum absolute atomic E-state index is 13.6. The number of nitrogens with one attached hydrogen (secondary N) is 1. The Labute approximate surface area is 199 Å². The van der Waals surface area contributed by atoms with E-state index in [-0.39, 0.29) is 30.8 Å². The fourth-order valence-electron chi connectivity index (χ4n) is 4.31. The molecule has 1 atom stereocenters. The van der Waals surface area contributed by atoms with Crippen molar-refractivity contribution in [3.63, 3.8) is 0 Å². The predicted molar refractivity (Wildman–Crippen MR) is 132 cm³/mol. The predicted octanol–water partition coefficient (Wildman–Crippen LogP) is 3.75. The van der Waals surface area contributed by atoms with Gasteiger partial charge in [-0.3, -0.25) is 19.3 Å². The van der Waals surface area contributed by atoms with Crippen molar-refractivity contribution in [1.29, 1.82) is 0 Å². The molecule has 0 saturated carbocycles. The van der Waals surface area contributed by atoms with E-state index in [1.807, 2.05) is 61.5 Å². The Morgan fingerprint density at radius 2 is 1.82 bits per heavy atom. The van der Waals surface area contributed by atoms with E-state index in [1.54, 1.807) is 20.1 Å². The molecule has 0 radical (unpaired) electrons. The second-order valence-electron chi connectivity index (χ2n) is 8.41. The zero-order valence-corrected chi connectivity index (χ0v) is 19.7. The Morgan fingerprint density at radius 1 is 1.09 bits per heavy atom. The van der Waals surface area contributed by atoms with Crippen LogP contribution in [-0.2, 0) is 16.1 Å². The first kappa shape index (κ1) is 23.3. The molecule has 3 aromatic carbocycles. The first-order valence-electron chi connectivity index (χ1n) is 11.5. The molecular weight excluding hydrogens is 430 g/mol. The summed E-state index contributed by atoms with van der Waals surface area (Å²) in [5.74, 6) is -0.0641. The summed E-state index contributed by atoms with van der Waals surface area (Å²) < 4.78 is 5.31. The van der Waals surface area contributed by atoms with Crippen LogP contribution in [0.2, 0.25) is 0 Å². The lowest BCUT2D eigenvalue weighted by atomic mass is 10.1. The van der Waals surface area contributed by atoms with Crippen LogP contribution in [0.4, 0.5) is 5.69 Å². The van der Waals surface area contributed by atoms with Gasteiger partial charge in [-0.25, -0.2) is 0 Å². The van der Waals surface area contributed by atoms with Gasteiger partial charge in [0.05, 0.1) is 12.8 Å². The Morgan fingerprint density at radius 3 is 2.56 bits per heavy atom. The maximum Gasteiger partial charge on any atom is 0.259 e. The third kappa shape index (κ3) is 4.46. The van der Waals surface area contributed by atoms with E-state index in [4.69, 9.17) is 4.74 Å². The fourth-order valence-corrected chi connectivity index (χ4v) is 4.31. The van der Waals surface area contributed by atoms with Crippen LogP contribution in [0.25, 0.3) is 10.8 Å². The van der Waals surface area contributed by atoms with Crippen molar-refractivity contribution in [2.45, 2.75) is 32.9 Å². The van der Waals surface area contributed by atoms with Crippen LogP contribution in [0, 0.1) is 0 Å². The van der Waals surface area contributed by atoms with Gasteiger partial charge in [0.15, 0.2) is 0 Å². The summed E-state index contributed by atoms with van der Waals surface area (Å²) in [4.78, 5) is 42.6. The number of ether oxygens (including phenoxy) is 1. The second kappa shape index (κ2) is 9.95. The number of methoxy groups -OCH3 is 1. The molecule has 1 N–H and O–H groups in total. The highest BCUT2D eigenvalue weighted by molar-refractivity contribution is 6.26. The molecule has 0 spiro atoms. The monoisotopic (exact) mass is 459 g/mol. The molecule has 0 fully saturated rings. The molecule has 0 bridgehead atoms. The van der Waals surface area contributed by atoms with Crippen molar-refractivity contribution in [3.8, 4) is 5.75 Å². The van der Waals surface area contributed by atoms with Crippen LogP contribution in [0.15, 0.2) is 60.7 Å². The van der Waals surface area contributed by atoms with Gasteiger partial charge >= 0.3 is 0 Å². The minimum atomic E-state index is -0.707. The molecule has 7 heteroatoms. The quantitative estimate of drug-likeness (QED) is 0.529. The Hall–Kier alpha value is -3.87. The Bertz CT molecular complexity index is 1230. The zero-order chi connectivity index (χ0) is 24.2. The van der Waals surface area contributed by atoms with E-state index in [1.165, 1.54) is 9.80 Å². The molecule has 1 heterocycles. The second-order valence-corrected chi connectivity index (χ2v) is 8.41. The van der Waals surface area contributed by atoms with Crippen molar-refractivity contribution < 1.29 is 19.1 Å². The highest BCUT2D eigenvalue weighted by Gasteiger charge is 2.34. The summed E-state index contributed by atoms with van der Waals surface area (Å²) in [7, 11) is 1.58. The molecule has 0 unspecified atom stereocenters. The van der Waals surface area contributed by atoms with E-state index >= 15 is 0 Å². The molecule has 7 nitrogen and oxygen atoms in total. The molecular formula is C27H29N3O4. The number of carbonyl (C=O) groups is 3. The number of hydrogen-bond acceptors (Lipinski definition) is 4. The third-order valence-corrected chi connectivity index (χ3v) is 6.15. The van der Waals surface area contributed by atoms with Gasteiger partial charge in [-0.1, -0.05) is 43.3 Å². The average molecular weight is 460 g/mol. The molecule has 34 heavy (non-hydrogen) atoms. The van der Waals surface area contributed by atoms with E-state index < -0.39 is 6.04 Å². The standard InChI is InChI=1S/C27H29N3O4/c1-4-14-28-26(32)18(2)29(16-19-8-5-11-21(15-19)34-3)24(31)17-30-23-13-7-10-20-9-6-12-22(25(20)23)27(30)33/h5-13,15,18H,4,14,16-17H2,1-3H3,(H,28,32)/t18-/m1/s1. The third-order valence-electron chi connectivity index (χ3n) is 6.15. The zero-order valence-electron chi connectivity index (χ0n) is 19.7. The number of carbonyl (C=O) groups excluding carboxylic acids is 3. The van der Waals surface area contributed by atoms with Gasteiger partial charge < -0.3 is 15.0 Å². The number of hydrogen-bond donors (Lipinski definition) is 1. The van der Waals surface area contributed by atoms with Gasteiger partial charge in [0.2, 0.25) is 11.8 Å². The number of nitrogens with zero attached hydrogens (tertiary/aromatic N) is 2. The van der Waals surface area contributed by atoms with E-state index in [9.17, 15) is 14.4 Å². The van der Waals surface area contributed by atoms with Crippen LogP contribution in [-0.4, -0.2) is 48.9 Å². The summed E-state index contributed by atoms with van der Waals surface area (Å²) in [6.45, 7) is 4.29. The lowest BCUT2D eigenvalue weighted by Gasteiger charge is -2.30. The van der Waals surface area contributed by atoms with Crippen molar-refractivity contribution in [1.82, 2.24) is 10.2 Å². The lowest BCUT2D eigenvalue weighted by Crippen LogP contribution is -2.51. The van der Waals surface area contributed by atoms with E-state index in [0.29, 0.717) is 17.9 Å². The number of anilines is 1. The molecule has 0 aliphatic carbocycles. The molecule has 176 valence electrons. The summed E-state index contributed by atoms with van der Waals surface area (Å²) in [5.41, 5.74) is 2.14. The van der Waals surface area contributed by atoms with Crippen LogP contribution in [0.1, 0.15) is 36.2 Å². The normalized spacial score (nSPS) is 13.1. The minimum absolute atomic E-state index is 0.151. The van der Waals surface area contributed by atoms with Crippen molar-refractivity contribution in [2.75, 3.05) is 25.1 Å². The van der Waals surface area contributed by atoms with E-state index in [0.717, 1.165) is 28.4 Å². The molecule has 1 aliphatic rings. The van der Waals surface area contributed by atoms with Crippen molar-refractivity contribution in [2.24, 2.45) is 0 Å². The van der Waals surface area contributed by atoms with Gasteiger partial charge in [-0.05, 0) is 48.6 Å². The summed E-state index contributed by atoms with van der Waals surface area (Å²) in [5, 5.41) is 4.68. The Kier molecular flexibility index (Phi) is 6.82. The van der Waals surface area contributed by atoms with Gasteiger partial charge in [0.25, 0.3) is 5.91 Å². The fraction of sp³-hybridized carbons (Fsp3) is 0.296. The topological polar surface area (TPSA) is 79.0 Å².